The molecule has 0 aliphatic carbocycles. The number of amides is 1. The van der Waals surface area contributed by atoms with Crippen molar-refractivity contribution in [2.45, 2.75) is 26.7 Å². The van der Waals surface area contributed by atoms with Crippen LogP contribution in [0.1, 0.15) is 41.3 Å². The second-order valence-electron chi connectivity index (χ2n) is 5.26. The summed E-state index contributed by atoms with van der Waals surface area (Å²) in [5.74, 6) is -0.204. The smallest absolute Gasteiger partial charge is 0.293 e. The molecule has 136 valence electrons. The van der Waals surface area contributed by atoms with Crippen LogP contribution >= 0.6 is 27.3 Å². The van der Waals surface area contributed by atoms with Crippen molar-refractivity contribution in [2.24, 2.45) is 5.10 Å². The Balaban J connectivity index is 1.85. The molecule has 0 aliphatic heterocycles. The number of hydrogen-bond donors (Lipinski definition) is 2. The number of nitrogens with two attached hydrogens (primary N) is 1. The van der Waals surface area contributed by atoms with Gasteiger partial charge in [0.2, 0.25) is 11.6 Å². The van der Waals surface area contributed by atoms with Gasteiger partial charge in [0.05, 0.1) is 20.1 Å². The lowest BCUT2D eigenvalue weighted by atomic mass is 10.2. The van der Waals surface area contributed by atoms with Gasteiger partial charge in [-0.3, -0.25) is 4.79 Å². The molecule has 12 heteroatoms. The summed E-state index contributed by atoms with van der Waals surface area (Å²) in [7, 11) is 0. The van der Waals surface area contributed by atoms with Crippen LogP contribution < -0.4 is 11.2 Å². The zero-order valence-electron chi connectivity index (χ0n) is 13.9. The third kappa shape index (κ3) is 3.65. The number of nitrogens with one attached hydrogen (secondary N) is 1. The summed E-state index contributed by atoms with van der Waals surface area (Å²) in [5, 5.41) is 19.3. The summed E-state index contributed by atoms with van der Waals surface area (Å²) >= 11 is 4.92. The molecule has 3 aromatic heterocycles. The molecule has 0 fully saturated rings. The molecular formula is C14H15BrN8O2S. The van der Waals surface area contributed by atoms with Crippen LogP contribution in [0.2, 0.25) is 0 Å². The Morgan fingerprint density at radius 3 is 2.88 bits per heavy atom. The van der Waals surface area contributed by atoms with E-state index in [1.807, 2.05) is 26.0 Å². The Bertz CT molecular complexity index is 960. The van der Waals surface area contributed by atoms with Crippen LogP contribution in [0.4, 0.5) is 5.82 Å². The van der Waals surface area contributed by atoms with Crippen molar-refractivity contribution >= 4 is 44.7 Å². The van der Waals surface area contributed by atoms with Crippen molar-refractivity contribution in [3.05, 3.63) is 32.2 Å². The molecule has 26 heavy (non-hydrogen) atoms. The van der Waals surface area contributed by atoms with Crippen molar-refractivity contribution in [3.8, 4) is 5.82 Å². The third-order valence-electron chi connectivity index (χ3n) is 3.42. The maximum Gasteiger partial charge on any atom is 0.293 e. The molecular weight excluding hydrogens is 424 g/mol. The van der Waals surface area contributed by atoms with Crippen LogP contribution in [-0.4, -0.2) is 36.9 Å². The fraction of sp³-hybridized carbons (Fsp3) is 0.286. The van der Waals surface area contributed by atoms with Crippen LogP contribution in [0.5, 0.6) is 0 Å². The van der Waals surface area contributed by atoms with Gasteiger partial charge < -0.3 is 5.73 Å². The monoisotopic (exact) mass is 438 g/mol. The molecule has 3 aromatic rings. The van der Waals surface area contributed by atoms with E-state index in [1.54, 1.807) is 0 Å². The molecule has 0 bridgehead atoms. The number of aromatic nitrogens is 5. The number of nitrogens with zero attached hydrogens (tertiary/aromatic N) is 6. The normalized spacial score (nSPS) is 11.7. The predicted molar refractivity (Wildman–Crippen MR) is 99.3 cm³/mol. The first kappa shape index (κ1) is 18.2. The Morgan fingerprint density at radius 2 is 2.27 bits per heavy atom. The number of hydrogen-bond acceptors (Lipinski definition) is 9. The summed E-state index contributed by atoms with van der Waals surface area (Å²) in [6.07, 6.45) is 1.31. The van der Waals surface area contributed by atoms with Gasteiger partial charge in [-0.15, -0.1) is 16.4 Å². The van der Waals surface area contributed by atoms with Gasteiger partial charge in [-0.2, -0.15) is 9.78 Å². The summed E-state index contributed by atoms with van der Waals surface area (Å²) in [5.41, 5.74) is 9.61. The molecule has 0 unspecified atom stereocenters. The number of hydrazone groups is 1. The maximum atomic E-state index is 12.5. The summed E-state index contributed by atoms with van der Waals surface area (Å²) in [6.45, 7) is 3.78. The number of halogens is 1. The van der Waals surface area contributed by atoms with Crippen molar-refractivity contribution < 1.29 is 9.42 Å². The summed E-state index contributed by atoms with van der Waals surface area (Å²) < 4.78 is 6.94. The molecule has 0 saturated carbocycles. The second kappa shape index (κ2) is 7.74. The molecule has 0 aromatic carbocycles. The van der Waals surface area contributed by atoms with Gasteiger partial charge in [0.15, 0.2) is 5.69 Å². The lowest BCUT2D eigenvalue weighted by Crippen LogP contribution is -2.21. The minimum absolute atomic E-state index is 0.0661. The summed E-state index contributed by atoms with van der Waals surface area (Å²) in [4.78, 5) is 13.5. The van der Waals surface area contributed by atoms with Crippen LogP contribution in [0.3, 0.4) is 0 Å². The first-order chi connectivity index (χ1) is 12.5. The molecule has 3 heterocycles. The van der Waals surface area contributed by atoms with E-state index in [0.717, 1.165) is 15.1 Å². The molecule has 0 saturated heterocycles. The first-order valence-electron chi connectivity index (χ1n) is 7.64. The standard InChI is InChI=1S/C14H15BrN8O2S/c1-3-4-8-11(18-22-23(8)13-12(16)20-25-21-13)14(24)19-17-7(2)9-5-6-10(15)26-9/h5-6H,3-4H2,1-2H3,(H2,16,20)(H,19,24). The van der Waals surface area contributed by atoms with E-state index >= 15 is 0 Å². The fourth-order valence-corrected chi connectivity index (χ4v) is 3.53. The van der Waals surface area contributed by atoms with E-state index in [1.165, 1.54) is 16.0 Å². The van der Waals surface area contributed by atoms with Gasteiger partial charge in [-0.1, -0.05) is 18.6 Å². The molecule has 0 radical (unpaired) electrons. The van der Waals surface area contributed by atoms with E-state index in [9.17, 15) is 4.79 Å². The number of nitrogen functional groups attached to an aromatic ring is 1. The van der Waals surface area contributed by atoms with Crippen molar-refractivity contribution in [1.82, 2.24) is 30.7 Å². The minimum atomic E-state index is -0.468. The van der Waals surface area contributed by atoms with Gasteiger partial charge in [-0.25, -0.2) is 10.1 Å². The van der Waals surface area contributed by atoms with Crippen LogP contribution in [0.15, 0.2) is 25.6 Å². The van der Waals surface area contributed by atoms with Gasteiger partial charge in [0.1, 0.15) is 0 Å². The van der Waals surface area contributed by atoms with Crippen LogP contribution in [0.25, 0.3) is 5.82 Å². The Labute approximate surface area is 160 Å². The fourth-order valence-electron chi connectivity index (χ4n) is 2.20. The molecule has 3 rings (SSSR count). The zero-order chi connectivity index (χ0) is 18.7. The minimum Gasteiger partial charge on any atom is -0.378 e. The van der Waals surface area contributed by atoms with Crippen molar-refractivity contribution in [2.75, 3.05) is 5.73 Å². The predicted octanol–water partition coefficient (Wildman–Crippen LogP) is 2.16. The average Bonchev–Trinajstić information content (AvgIpc) is 3.33. The zero-order valence-corrected chi connectivity index (χ0v) is 16.3. The lowest BCUT2D eigenvalue weighted by molar-refractivity contribution is 0.0948. The SMILES string of the molecule is CCCc1c(C(=O)NN=C(C)c2ccc(Br)s2)nnn1-c1nonc1N. The van der Waals surface area contributed by atoms with E-state index < -0.39 is 5.91 Å². The molecule has 10 nitrogen and oxygen atoms in total. The quantitative estimate of drug-likeness (QED) is 0.444. The van der Waals surface area contributed by atoms with Gasteiger partial charge in [-0.05, 0) is 51.7 Å². The number of carbonyl (C=O) groups excluding carboxylic acids is 1. The Hall–Kier alpha value is -2.60. The molecule has 1 amide bonds. The molecule has 0 aliphatic rings. The van der Waals surface area contributed by atoms with E-state index in [2.05, 4.69) is 51.7 Å². The first-order valence-corrected chi connectivity index (χ1v) is 9.25. The van der Waals surface area contributed by atoms with E-state index in [0.29, 0.717) is 17.8 Å². The molecule has 0 spiro atoms. The van der Waals surface area contributed by atoms with E-state index in [4.69, 9.17) is 5.73 Å². The highest BCUT2D eigenvalue weighted by atomic mass is 79.9. The maximum absolute atomic E-state index is 12.5. The molecule has 0 atom stereocenters. The summed E-state index contributed by atoms with van der Waals surface area (Å²) in [6, 6.07) is 3.83. The highest BCUT2D eigenvalue weighted by molar-refractivity contribution is 9.11. The van der Waals surface area contributed by atoms with Crippen molar-refractivity contribution in [1.29, 1.82) is 0 Å². The number of anilines is 1. The highest BCUT2D eigenvalue weighted by Crippen LogP contribution is 2.22. The van der Waals surface area contributed by atoms with Gasteiger partial charge >= 0.3 is 0 Å². The largest absolute Gasteiger partial charge is 0.378 e. The topological polar surface area (TPSA) is 137 Å². The molecule has 3 N–H and O–H groups in total. The van der Waals surface area contributed by atoms with Crippen molar-refractivity contribution in [3.63, 3.8) is 0 Å². The Morgan fingerprint density at radius 1 is 1.46 bits per heavy atom. The lowest BCUT2D eigenvalue weighted by Gasteiger charge is -2.04. The van der Waals surface area contributed by atoms with E-state index in [-0.39, 0.29) is 17.3 Å². The number of thiophene rings is 1. The number of carbonyl (C=O) groups is 1. The average molecular weight is 439 g/mol. The Kier molecular flexibility index (Phi) is 5.42. The van der Waals surface area contributed by atoms with Gasteiger partial charge in [0, 0.05) is 0 Å². The van der Waals surface area contributed by atoms with Crippen LogP contribution in [-0.2, 0) is 6.42 Å². The number of rotatable bonds is 6. The van der Waals surface area contributed by atoms with Crippen LogP contribution in [0, 0.1) is 0 Å². The highest BCUT2D eigenvalue weighted by Gasteiger charge is 2.23. The third-order valence-corrected chi connectivity index (χ3v) is 5.15. The van der Waals surface area contributed by atoms with Gasteiger partial charge in [0.25, 0.3) is 5.91 Å². The second-order valence-corrected chi connectivity index (χ2v) is 7.72.